The van der Waals surface area contributed by atoms with E-state index >= 15 is 0 Å². The summed E-state index contributed by atoms with van der Waals surface area (Å²) in [5.41, 5.74) is 3.17. The molecule has 1 fully saturated rings. The lowest BCUT2D eigenvalue weighted by Crippen LogP contribution is -2.39. The van der Waals surface area contributed by atoms with E-state index in [1.807, 2.05) is 0 Å². The number of ether oxygens (including phenoxy) is 1. The van der Waals surface area contributed by atoms with Gasteiger partial charge in [0.05, 0.1) is 29.7 Å². The number of nitrogens with one attached hydrogen (secondary N) is 1. The fourth-order valence-corrected chi connectivity index (χ4v) is 3.69. The van der Waals surface area contributed by atoms with Gasteiger partial charge in [-0.1, -0.05) is 0 Å². The summed E-state index contributed by atoms with van der Waals surface area (Å²) in [5, 5.41) is 9.63. The second kappa shape index (κ2) is 8.16. The van der Waals surface area contributed by atoms with Gasteiger partial charge in [0, 0.05) is 19.1 Å². The van der Waals surface area contributed by atoms with Crippen LogP contribution < -0.4 is 11.0 Å². The third kappa shape index (κ3) is 3.75. The minimum Gasteiger partial charge on any atom is -0.383 e. The molecule has 0 unspecified atom stereocenters. The first-order chi connectivity index (χ1) is 12.5. The molecule has 0 aliphatic carbocycles. The van der Waals surface area contributed by atoms with Crippen molar-refractivity contribution in [2.24, 2.45) is 0 Å². The van der Waals surface area contributed by atoms with Gasteiger partial charge in [0.1, 0.15) is 5.82 Å². The van der Waals surface area contributed by atoms with E-state index in [0.29, 0.717) is 35.8 Å². The average Bonchev–Trinajstić information content (AvgIpc) is 2.67. The van der Waals surface area contributed by atoms with Crippen LogP contribution in [0.4, 0.5) is 5.69 Å². The molecule has 0 amide bonds. The Labute approximate surface area is 153 Å². The summed E-state index contributed by atoms with van der Waals surface area (Å²) < 4.78 is 6.95. The molecule has 0 spiro atoms. The Balaban J connectivity index is 2.01. The highest BCUT2D eigenvalue weighted by Gasteiger charge is 2.26. The maximum absolute atomic E-state index is 13.1. The SMILES string of the molecule is COCCn1c(C2CCN(C(C)C)CC2)nc2ccc(NO)cc2c1=O. The van der Waals surface area contributed by atoms with Gasteiger partial charge in [-0.3, -0.25) is 20.0 Å². The Morgan fingerprint density at radius 3 is 2.69 bits per heavy atom. The van der Waals surface area contributed by atoms with Crippen molar-refractivity contribution in [2.75, 3.05) is 32.3 Å². The summed E-state index contributed by atoms with van der Waals surface area (Å²) in [5.74, 6) is 1.13. The van der Waals surface area contributed by atoms with Crippen LogP contribution in [-0.4, -0.2) is 52.5 Å². The van der Waals surface area contributed by atoms with Crippen LogP contribution in [0, 0.1) is 0 Å². The molecule has 7 nitrogen and oxygen atoms in total. The molecule has 1 saturated heterocycles. The Morgan fingerprint density at radius 1 is 1.35 bits per heavy atom. The van der Waals surface area contributed by atoms with Crippen molar-refractivity contribution in [3.05, 3.63) is 34.4 Å². The number of rotatable bonds is 6. The van der Waals surface area contributed by atoms with E-state index in [9.17, 15) is 4.79 Å². The first-order valence-electron chi connectivity index (χ1n) is 9.22. The van der Waals surface area contributed by atoms with Crippen LogP contribution >= 0.6 is 0 Å². The zero-order valence-electron chi connectivity index (χ0n) is 15.7. The molecule has 1 aliphatic heterocycles. The molecule has 1 aromatic carbocycles. The van der Waals surface area contributed by atoms with Crippen LogP contribution in [0.2, 0.25) is 0 Å². The lowest BCUT2D eigenvalue weighted by molar-refractivity contribution is 0.163. The van der Waals surface area contributed by atoms with E-state index in [2.05, 4.69) is 24.2 Å². The maximum atomic E-state index is 13.1. The number of aromatic nitrogens is 2. The lowest BCUT2D eigenvalue weighted by Gasteiger charge is -2.35. The number of benzene rings is 1. The molecule has 2 aromatic rings. The van der Waals surface area contributed by atoms with Gasteiger partial charge in [-0.15, -0.1) is 0 Å². The summed E-state index contributed by atoms with van der Waals surface area (Å²) in [7, 11) is 1.63. The number of likely N-dealkylation sites (tertiary alicyclic amines) is 1. The maximum Gasteiger partial charge on any atom is 0.261 e. The summed E-state index contributed by atoms with van der Waals surface area (Å²) in [6.07, 6.45) is 2.00. The molecule has 2 N–H and O–H groups in total. The number of methoxy groups -OCH3 is 1. The molecule has 1 aliphatic rings. The van der Waals surface area contributed by atoms with Crippen LogP contribution in [0.15, 0.2) is 23.0 Å². The molecule has 0 saturated carbocycles. The summed E-state index contributed by atoms with van der Waals surface area (Å²) in [6, 6.07) is 5.68. The fourth-order valence-electron chi connectivity index (χ4n) is 3.69. The first-order valence-corrected chi connectivity index (χ1v) is 9.22. The molecule has 2 heterocycles. The van der Waals surface area contributed by atoms with Crippen LogP contribution in [0.5, 0.6) is 0 Å². The highest BCUT2D eigenvalue weighted by Crippen LogP contribution is 2.28. The third-order valence-corrected chi connectivity index (χ3v) is 5.26. The molecular formula is C19H28N4O3. The van der Waals surface area contributed by atoms with Crippen molar-refractivity contribution in [1.82, 2.24) is 14.5 Å². The summed E-state index contributed by atoms with van der Waals surface area (Å²) in [6.45, 7) is 7.42. The Hall–Kier alpha value is -1.96. The minimum atomic E-state index is -0.0783. The molecule has 142 valence electrons. The van der Waals surface area contributed by atoms with Gasteiger partial charge < -0.3 is 9.64 Å². The summed E-state index contributed by atoms with van der Waals surface area (Å²) >= 11 is 0. The second-order valence-corrected chi connectivity index (χ2v) is 7.17. The molecule has 0 bridgehead atoms. The van der Waals surface area contributed by atoms with Gasteiger partial charge in [0.15, 0.2) is 0 Å². The van der Waals surface area contributed by atoms with Crippen molar-refractivity contribution in [2.45, 2.75) is 45.2 Å². The third-order valence-electron chi connectivity index (χ3n) is 5.26. The quantitative estimate of drug-likeness (QED) is 0.770. The fraction of sp³-hybridized carbons (Fsp3) is 0.579. The second-order valence-electron chi connectivity index (χ2n) is 7.17. The normalized spacial score (nSPS) is 16.5. The lowest BCUT2D eigenvalue weighted by atomic mass is 9.94. The van der Waals surface area contributed by atoms with Crippen LogP contribution in [-0.2, 0) is 11.3 Å². The van der Waals surface area contributed by atoms with Gasteiger partial charge in [0.25, 0.3) is 5.56 Å². The predicted octanol–water partition coefficient (Wildman–Crippen LogP) is 2.43. The molecule has 0 atom stereocenters. The smallest absolute Gasteiger partial charge is 0.261 e. The highest BCUT2D eigenvalue weighted by molar-refractivity contribution is 5.81. The Bertz CT molecular complexity index is 810. The molecule has 7 heteroatoms. The van der Waals surface area contributed by atoms with Gasteiger partial charge >= 0.3 is 0 Å². The Morgan fingerprint density at radius 2 is 2.08 bits per heavy atom. The molecule has 0 radical (unpaired) electrons. The largest absolute Gasteiger partial charge is 0.383 e. The molecular weight excluding hydrogens is 332 g/mol. The van der Waals surface area contributed by atoms with Crippen molar-refractivity contribution < 1.29 is 9.94 Å². The minimum absolute atomic E-state index is 0.0783. The molecule has 3 rings (SSSR count). The van der Waals surface area contributed by atoms with Crippen LogP contribution in [0.25, 0.3) is 10.9 Å². The van der Waals surface area contributed by atoms with E-state index in [-0.39, 0.29) is 11.5 Å². The van der Waals surface area contributed by atoms with E-state index in [1.165, 1.54) is 0 Å². The molecule has 26 heavy (non-hydrogen) atoms. The number of piperidine rings is 1. The van der Waals surface area contributed by atoms with E-state index in [4.69, 9.17) is 14.9 Å². The van der Waals surface area contributed by atoms with Gasteiger partial charge in [-0.05, 0) is 58.0 Å². The zero-order chi connectivity index (χ0) is 18.7. The van der Waals surface area contributed by atoms with E-state index < -0.39 is 0 Å². The number of nitrogens with zero attached hydrogens (tertiary/aromatic N) is 3. The van der Waals surface area contributed by atoms with Crippen molar-refractivity contribution in [3.8, 4) is 0 Å². The standard InChI is InChI=1S/C19H28N4O3/c1-13(2)22-8-6-14(7-9-22)18-20-17-5-4-15(21-25)12-16(17)19(24)23(18)10-11-26-3/h4-5,12-14,21,25H,6-11H2,1-3H3. The van der Waals surface area contributed by atoms with Gasteiger partial charge in [0.2, 0.25) is 0 Å². The van der Waals surface area contributed by atoms with Crippen molar-refractivity contribution >= 4 is 16.6 Å². The predicted molar refractivity (Wildman–Crippen MR) is 102 cm³/mol. The number of hydrogen-bond acceptors (Lipinski definition) is 6. The highest BCUT2D eigenvalue weighted by atomic mass is 16.5. The van der Waals surface area contributed by atoms with Crippen LogP contribution in [0.3, 0.4) is 0 Å². The average molecular weight is 360 g/mol. The monoisotopic (exact) mass is 360 g/mol. The van der Waals surface area contributed by atoms with Gasteiger partial charge in [-0.2, -0.15) is 0 Å². The first kappa shape index (κ1) is 18.8. The topological polar surface area (TPSA) is 79.6 Å². The zero-order valence-corrected chi connectivity index (χ0v) is 15.7. The van der Waals surface area contributed by atoms with Crippen molar-refractivity contribution in [1.29, 1.82) is 0 Å². The number of fused-ring (bicyclic) bond motifs is 1. The molecule has 1 aromatic heterocycles. The Kier molecular flexibility index (Phi) is 5.90. The number of hydrogen-bond donors (Lipinski definition) is 2. The van der Waals surface area contributed by atoms with E-state index in [1.54, 1.807) is 29.9 Å². The van der Waals surface area contributed by atoms with E-state index in [0.717, 1.165) is 31.8 Å². The van der Waals surface area contributed by atoms with Gasteiger partial charge in [-0.25, -0.2) is 4.98 Å². The van der Waals surface area contributed by atoms with Crippen LogP contribution in [0.1, 0.15) is 38.4 Å². The summed E-state index contributed by atoms with van der Waals surface area (Å²) in [4.78, 5) is 20.4. The van der Waals surface area contributed by atoms with Crippen molar-refractivity contribution in [3.63, 3.8) is 0 Å². The number of anilines is 1.